The van der Waals surface area contributed by atoms with Crippen LogP contribution in [-0.2, 0) is 11.3 Å². The average Bonchev–Trinajstić information content (AvgIpc) is 2.76. The lowest BCUT2D eigenvalue weighted by Gasteiger charge is -2.03. The monoisotopic (exact) mass is 259 g/mol. The van der Waals surface area contributed by atoms with E-state index in [1.54, 1.807) is 12.4 Å². The van der Waals surface area contributed by atoms with Gasteiger partial charge < -0.3 is 5.32 Å². The van der Waals surface area contributed by atoms with Crippen LogP contribution in [0.25, 0.3) is 11.3 Å². The molecule has 0 aliphatic carbocycles. The second-order valence-electron chi connectivity index (χ2n) is 4.81. The summed E-state index contributed by atoms with van der Waals surface area (Å²) in [7, 11) is 0. The Morgan fingerprint density at radius 2 is 2.11 bits per heavy atom. The Bertz CT molecular complexity index is 559. The second-order valence-corrected chi connectivity index (χ2v) is 4.81. The first kappa shape index (κ1) is 13.2. The predicted molar refractivity (Wildman–Crippen MR) is 72.4 cm³/mol. The highest BCUT2D eigenvalue weighted by Crippen LogP contribution is 2.16. The fourth-order valence-corrected chi connectivity index (χ4v) is 1.69. The molecule has 0 atom stereocenters. The minimum atomic E-state index is -0.160. The molecule has 2 aromatic rings. The molecular formula is C13H17N5O. The van der Waals surface area contributed by atoms with Crippen molar-refractivity contribution in [3.05, 3.63) is 24.8 Å². The lowest BCUT2D eigenvalue weighted by molar-refractivity contribution is -0.114. The molecule has 0 unspecified atom stereocenters. The molecule has 1 amide bonds. The number of hydrogen-bond donors (Lipinski definition) is 1. The van der Waals surface area contributed by atoms with Crippen LogP contribution in [-0.4, -0.2) is 25.7 Å². The van der Waals surface area contributed by atoms with Crippen LogP contribution in [0.3, 0.4) is 0 Å². The Labute approximate surface area is 111 Å². The van der Waals surface area contributed by atoms with Gasteiger partial charge in [0.15, 0.2) is 5.82 Å². The lowest BCUT2D eigenvalue weighted by Crippen LogP contribution is -2.07. The molecule has 6 nitrogen and oxygen atoms in total. The summed E-state index contributed by atoms with van der Waals surface area (Å²) in [6.07, 6.45) is 6.88. The first-order valence-electron chi connectivity index (χ1n) is 6.17. The average molecular weight is 259 g/mol. The topological polar surface area (TPSA) is 72.7 Å². The third-order valence-electron chi connectivity index (χ3n) is 2.44. The van der Waals surface area contributed by atoms with Crippen LogP contribution in [0.5, 0.6) is 0 Å². The fraction of sp³-hybridized carbons (Fsp3) is 0.385. The third-order valence-corrected chi connectivity index (χ3v) is 2.44. The highest BCUT2D eigenvalue weighted by molar-refractivity contribution is 5.87. The molecule has 1 N–H and O–H groups in total. The van der Waals surface area contributed by atoms with E-state index < -0.39 is 0 Å². The van der Waals surface area contributed by atoms with Gasteiger partial charge in [-0.15, -0.1) is 0 Å². The van der Waals surface area contributed by atoms with Gasteiger partial charge in [-0.2, -0.15) is 5.10 Å². The Kier molecular flexibility index (Phi) is 3.89. The van der Waals surface area contributed by atoms with E-state index in [4.69, 9.17) is 0 Å². The van der Waals surface area contributed by atoms with Crippen LogP contribution in [0.15, 0.2) is 24.8 Å². The molecule has 100 valence electrons. The van der Waals surface area contributed by atoms with Crippen molar-refractivity contribution in [3.8, 4) is 11.3 Å². The maximum absolute atomic E-state index is 10.9. The summed E-state index contributed by atoms with van der Waals surface area (Å²) >= 11 is 0. The zero-order valence-corrected chi connectivity index (χ0v) is 11.3. The molecule has 0 aromatic carbocycles. The third kappa shape index (κ3) is 3.61. The number of carbonyl (C=O) groups excluding carboxylic acids is 1. The van der Waals surface area contributed by atoms with E-state index in [0.717, 1.165) is 17.8 Å². The highest BCUT2D eigenvalue weighted by Gasteiger charge is 2.05. The zero-order chi connectivity index (χ0) is 13.8. The number of hydrogen-bond acceptors (Lipinski definition) is 4. The van der Waals surface area contributed by atoms with Gasteiger partial charge in [-0.25, -0.2) is 4.98 Å². The van der Waals surface area contributed by atoms with E-state index in [2.05, 4.69) is 34.2 Å². The number of amides is 1. The van der Waals surface area contributed by atoms with Gasteiger partial charge in [0.2, 0.25) is 5.91 Å². The van der Waals surface area contributed by atoms with Crippen molar-refractivity contribution >= 4 is 11.7 Å². The van der Waals surface area contributed by atoms with Gasteiger partial charge in [0.25, 0.3) is 0 Å². The van der Waals surface area contributed by atoms with Gasteiger partial charge in [0, 0.05) is 25.2 Å². The minimum Gasteiger partial charge on any atom is -0.310 e. The molecule has 0 aliphatic rings. The summed E-state index contributed by atoms with van der Waals surface area (Å²) in [4.78, 5) is 19.3. The number of nitrogens with zero attached hydrogens (tertiary/aromatic N) is 4. The zero-order valence-electron chi connectivity index (χ0n) is 11.3. The lowest BCUT2D eigenvalue weighted by atomic mass is 10.2. The van der Waals surface area contributed by atoms with Gasteiger partial charge in [-0.1, -0.05) is 13.8 Å². The quantitative estimate of drug-likeness (QED) is 0.910. The Morgan fingerprint density at radius 3 is 2.68 bits per heavy atom. The molecule has 2 aromatic heterocycles. The number of nitrogens with one attached hydrogen (secondary N) is 1. The van der Waals surface area contributed by atoms with Crippen LogP contribution >= 0.6 is 0 Å². The summed E-state index contributed by atoms with van der Waals surface area (Å²) in [5.74, 6) is 0.832. The molecular weight excluding hydrogens is 242 g/mol. The van der Waals surface area contributed by atoms with Crippen LogP contribution in [0.1, 0.15) is 20.8 Å². The molecule has 6 heteroatoms. The van der Waals surface area contributed by atoms with Crippen LogP contribution in [0.4, 0.5) is 5.82 Å². The maximum Gasteiger partial charge on any atom is 0.222 e. The predicted octanol–water partition coefficient (Wildman–Crippen LogP) is 1.95. The Balaban J connectivity index is 2.13. The van der Waals surface area contributed by atoms with Crippen molar-refractivity contribution in [3.63, 3.8) is 0 Å². The Hall–Kier alpha value is -2.24. The molecule has 0 saturated heterocycles. The van der Waals surface area contributed by atoms with Crippen LogP contribution in [0, 0.1) is 5.92 Å². The number of aromatic nitrogens is 4. The van der Waals surface area contributed by atoms with Gasteiger partial charge in [-0.3, -0.25) is 14.5 Å². The standard InChI is InChI=1S/C13H17N5O/c1-9(2)7-18-8-11(4-16-18)12-5-15-13(6-14-12)17-10(3)19/h4-6,8-9H,7H2,1-3H3,(H,15,17,19). The van der Waals surface area contributed by atoms with Gasteiger partial charge in [-0.05, 0) is 5.92 Å². The second kappa shape index (κ2) is 5.60. The van der Waals surface area contributed by atoms with Crippen molar-refractivity contribution in [2.75, 3.05) is 5.32 Å². The molecule has 0 fully saturated rings. The SMILES string of the molecule is CC(=O)Nc1cnc(-c2cnn(CC(C)C)c2)cn1. The molecule has 2 heterocycles. The molecule has 2 rings (SSSR count). The van der Waals surface area contributed by atoms with E-state index in [1.165, 1.54) is 13.1 Å². The first-order valence-corrected chi connectivity index (χ1v) is 6.17. The molecule has 0 saturated carbocycles. The van der Waals surface area contributed by atoms with Crippen molar-refractivity contribution in [2.24, 2.45) is 5.92 Å². The molecule has 0 radical (unpaired) electrons. The highest BCUT2D eigenvalue weighted by atomic mass is 16.1. The van der Waals surface area contributed by atoms with E-state index in [1.807, 2.05) is 10.9 Å². The molecule has 19 heavy (non-hydrogen) atoms. The van der Waals surface area contributed by atoms with E-state index in [-0.39, 0.29) is 5.91 Å². The van der Waals surface area contributed by atoms with Crippen molar-refractivity contribution in [1.29, 1.82) is 0 Å². The van der Waals surface area contributed by atoms with Crippen molar-refractivity contribution in [1.82, 2.24) is 19.7 Å². The normalized spacial score (nSPS) is 10.7. The van der Waals surface area contributed by atoms with Gasteiger partial charge in [0.1, 0.15) is 0 Å². The summed E-state index contributed by atoms with van der Waals surface area (Å²) in [5.41, 5.74) is 1.66. The molecule has 0 aliphatic heterocycles. The minimum absolute atomic E-state index is 0.160. The van der Waals surface area contributed by atoms with Crippen LogP contribution < -0.4 is 5.32 Å². The van der Waals surface area contributed by atoms with Crippen LogP contribution in [0.2, 0.25) is 0 Å². The smallest absolute Gasteiger partial charge is 0.222 e. The molecule has 0 spiro atoms. The first-order chi connectivity index (χ1) is 9.04. The van der Waals surface area contributed by atoms with E-state index in [9.17, 15) is 4.79 Å². The Morgan fingerprint density at radius 1 is 1.32 bits per heavy atom. The summed E-state index contributed by atoms with van der Waals surface area (Å²) in [6, 6.07) is 0. The number of anilines is 1. The fourth-order valence-electron chi connectivity index (χ4n) is 1.69. The number of rotatable bonds is 4. The summed E-state index contributed by atoms with van der Waals surface area (Å²) in [5, 5.41) is 6.86. The largest absolute Gasteiger partial charge is 0.310 e. The van der Waals surface area contributed by atoms with E-state index in [0.29, 0.717) is 11.7 Å². The summed E-state index contributed by atoms with van der Waals surface area (Å²) in [6.45, 7) is 6.59. The number of carbonyl (C=O) groups is 1. The molecule has 0 bridgehead atoms. The van der Waals surface area contributed by atoms with E-state index >= 15 is 0 Å². The van der Waals surface area contributed by atoms with Crippen molar-refractivity contribution in [2.45, 2.75) is 27.3 Å². The summed E-state index contributed by atoms with van der Waals surface area (Å²) < 4.78 is 1.89. The van der Waals surface area contributed by atoms with Gasteiger partial charge in [0.05, 0.1) is 24.3 Å². The van der Waals surface area contributed by atoms with Crippen molar-refractivity contribution < 1.29 is 4.79 Å². The maximum atomic E-state index is 10.9. The van der Waals surface area contributed by atoms with Gasteiger partial charge >= 0.3 is 0 Å².